The molecule has 46 heavy (non-hydrogen) atoms. The molecule has 1 aromatic heterocycles. The number of ketones is 1. The highest BCUT2D eigenvalue weighted by Gasteiger charge is 2.50. The first-order chi connectivity index (χ1) is 21.9. The van der Waals surface area contributed by atoms with Gasteiger partial charge in [0.25, 0.3) is 8.32 Å². The number of rotatable bonds is 11. The molecule has 1 saturated heterocycles. The molecule has 1 fully saturated rings. The number of carbonyl (C=O) groups excluding carboxylic acids is 1. The lowest BCUT2D eigenvalue weighted by Gasteiger charge is -2.43. The number of hydroxylamine groups is 1. The molecule has 0 saturated carbocycles. The quantitative estimate of drug-likeness (QED) is 0.110. The van der Waals surface area contributed by atoms with E-state index in [-0.39, 0.29) is 40.9 Å². The topological polar surface area (TPSA) is 72.9 Å². The van der Waals surface area contributed by atoms with Crippen molar-refractivity contribution in [2.75, 3.05) is 18.0 Å². The second-order valence-corrected chi connectivity index (χ2v) is 18.1. The fourth-order valence-corrected chi connectivity index (χ4v) is 11.4. The van der Waals surface area contributed by atoms with Crippen molar-refractivity contribution in [3.63, 3.8) is 0 Å². The minimum absolute atomic E-state index is 0.0663. The minimum atomic E-state index is -3.00. The highest BCUT2D eigenvalue weighted by atomic mass is 32.1. The number of anilines is 1. The molecular weight excluding hydrogens is 618 g/mol. The number of nitrogens with zero attached hydrogens (tertiary/aromatic N) is 2. The molecule has 0 radical (unpaired) electrons. The lowest BCUT2D eigenvalue weighted by atomic mass is 10.0. The number of hydrogen-bond acceptors (Lipinski definition) is 8. The van der Waals surface area contributed by atoms with E-state index >= 15 is 4.39 Å². The fourth-order valence-electron chi connectivity index (χ4n) is 6.30. The van der Waals surface area contributed by atoms with Gasteiger partial charge in [0, 0.05) is 30.5 Å². The van der Waals surface area contributed by atoms with Gasteiger partial charge in [-0.25, -0.2) is 9.87 Å². The summed E-state index contributed by atoms with van der Waals surface area (Å²) in [6.07, 6.45) is 1.22. The summed E-state index contributed by atoms with van der Waals surface area (Å²) < 4.78 is 30.4. The van der Waals surface area contributed by atoms with Gasteiger partial charge in [0.2, 0.25) is 11.5 Å². The molecule has 0 spiro atoms. The van der Waals surface area contributed by atoms with E-state index in [9.17, 15) is 4.79 Å². The second-order valence-electron chi connectivity index (χ2n) is 12.9. The van der Waals surface area contributed by atoms with Crippen LogP contribution in [0.2, 0.25) is 5.04 Å². The van der Waals surface area contributed by atoms with E-state index < -0.39 is 14.1 Å². The standard InChI is InChI=1S/C36H42FN3O4SSi/c1-24(2)39-44-35-30(34(41)31-19-38-23-45-31)18-27(33(32(35)37)40-20-25(3)43-26(4)21-40)22-42-46(36(5,6)7,28-14-10-8-11-15-28)29-16-12-9-13-17-29/h8-19,23,25-26,39H,1,20-22H2,2-7H3/t25-,26+. The Morgan fingerprint density at radius 1 is 1.09 bits per heavy atom. The molecule has 0 bridgehead atoms. The van der Waals surface area contributed by atoms with Crippen molar-refractivity contribution in [2.45, 2.75) is 65.4 Å². The largest absolute Gasteiger partial charge is 0.403 e. The monoisotopic (exact) mass is 659 g/mol. The van der Waals surface area contributed by atoms with Crippen molar-refractivity contribution in [2.24, 2.45) is 0 Å². The van der Waals surface area contributed by atoms with Crippen molar-refractivity contribution in [3.8, 4) is 5.75 Å². The molecule has 1 N–H and O–H groups in total. The number of morpholine rings is 1. The number of hydrogen-bond donors (Lipinski definition) is 1. The maximum Gasteiger partial charge on any atom is 0.261 e. The maximum atomic E-state index is 17.1. The summed E-state index contributed by atoms with van der Waals surface area (Å²) in [7, 11) is -3.00. The molecule has 0 amide bonds. The van der Waals surface area contributed by atoms with Crippen LogP contribution in [-0.2, 0) is 15.8 Å². The summed E-state index contributed by atoms with van der Waals surface area (Å²) in [4.78, 5) is 26.1. The summed E-state index contributed by atoms with van der Waals surface area (Å²) in [6.45, 7) is 17.0. The first-order valence-corrected chi connectivity index (χ1v) is 18.2. The van der Waals surface area contributed by atoms with E-state index in [2.05, 4.69) is 62.1 Å². The van der Waals surface area contributed by atoms with Crippen LogP contribution in [0.1, 0.15) is 62.3 Å². The molecule has 2 atom stereocenters. The lowest BCUT2D eigenvalue weighted by Crippen LogP contribution is -2.66. The van der Waals surface area contributed by atoms with Crippen molar-refractivity contribution in [1.29, 1.82) is 0 Å². The molecule has 10 heteroatoms. The van der Waals surface area contributed by atoms with Crippen LogP contribution in [0.4, 0.5) is 10.1 Å². The Bertz CT molecular complexity index is 1610. The van der Waals surface area contributed by atoms with Crippen molar-refractivity contribution >= 4 is 41.5 Å². The Balaban J connectivity index is 1.72. The van der Waals surface area contributed by atoms with Crippen molar-refractivity contribution < 1.29 is 23.2 Å². The first kappa shape index (κ1) is 33.5. The van der Waals surface area contributed by atoms with Crippen molar-refractivity contribution in [3.05, 3.63) is 113 Å². The summed E-state index contributed by atoms with van der Waals surface area (Å²) >= 11 is 1.19. The Hall–Kier alpha value is -3.83. The van der Waals surface area contributed by atoms with Crippen molar-refractivity contribution in [1.82, 2.24) is 10.5 Å². The van der Waals surface area contributed by atoms with Gasteiger partial charge in [0.15, 0.2) is 5.82 Å². The molecule has 0 unspecified atom stereocenters. The third-order valence-electron chi connectivity index (χ3n) is 8.10. The van der Waals surface area contributed by atoms with Gasteiger partial charge in [-0.3, -0.25) is 9.78 Å². The molecule has 4 aromatic rings. The fraction of sp³-hybridized carbons (Fsp3) is 0.333. The van der Waals surface area contributed by atoms with Crippen LogP contribution in [0, 0.1) is 5.82 Å². The van der Waals surface area contributed by atoms with Crippen LogP contribution in [0.3, 0.4) is 0 Å². The number of aromatic nitrogens is 1. The molecule has 5 rings (SSSR count). The summed E-state index contributed by atoms with van der Waals surface area (Å²) in [5, 5.41) is 1.92. The number of benzene rings is 3. The highest BCUT2D eigenvalue weighted by molar-refractivity contribution is 7.12. The number of thiazole rings is 1. The summed E-state index contributed by atoms with van der Waals surface area (Å²) in [5.41, 5.74) is 5.67. The number of ether oxygens (including phenoxy) is 1. The Labute approximate surface area is 276 Å². The zero-order valence-electron chi connectivity index (χ0n) is 27.3. The van der Waals surface area contributed by atoms with Gasteiger partial charge in [-0.15, -0.1) is 11.3 Å². The average molecular weight is 660 g/mol. The molecule has 7 nitrogen and oxygen atoms in total. The van der Waals surface area contributed by atoms with Gasteiger partial charge < -0.3 is 18.9 Å². The number of halogens is 1. The van der Waals surface area contributed by atoms with Crippen LogP contribution in [0.15, 0.2) is 90.7 Å². The van der Waals surface area contributed by atoms with Gasteiger partial charge >= 0.3 is 0 Å². The molecule has 1 aliphatic heterocycles. The van der Waals surface area contributed by atoms with E-state index in [0.717, 1.165) is 10.4 Å². The number of carbonyl (C=O) groups is 1. The predicted octanol–water partition coefficient (Wildman–Crippen LogP) is 6.62. The molecular formula is C36H42FN3O4SSi. The van der Waals surface area contributed by atoms with E-state index in [0.29, 0.717) is 34.9 Å². The van der Waals surface area contributed by atoms with Crippen LogP contribution in [0.25, 0.3) is 0 Å². The van der Waals surface area contributed by atoms with Crippen LogP contribution < -0.4 is 25.6 Å². The molecule has 1 aliphatic rings. The SMILES string of the molecule is C=C(C)NOc1c(C(=O)c2cncs2)cc(CO[Si](c2ccccc2)(c2ccccc2)C(C)(C)C)c(N2C[C@@H](C)O[C@@H](C)C2)c1F. The zero-order chi connectivity index (χ0) is 33.1. The van der Waals surface area contributed by atoms with Gasteiger partial charge in [-0.05, 0) is 42.2 Å². The van der Waals surface area contributed by atoms with Crippen LogP contribution >= 0.6 is 11.3 Å². The van der Waals surface area contributed by atoms with Crippen LogP contribution in [0.5, 0.6) is 5.75 Å². The summed E-state index contributed by atoms with van der Waals surface area (Å²) in [6, 6.07) is 22.3. The Morgan fingerprint density at radius 3 is 2.17 bits per heavy atom. The summed E-state index contributed by atoms with van der Waals surface area (Å²) in [5.74, 6) is -1.23. The van der Waals surface area contributed by atoms with E-state index in [1.165, 1.54) is 17.5 Å². The third kappa shape index (κ3) is 6.80. The first-order valence-electron chi connectivity index (χ1n) is 15.4. The normalized spacial score (nSPS) is 17.1. The number of allylic oxidation sites excluding steroid dienone is 1. The van der Waals surface area contributed by atoms with Gasteiger partial charge in [-0.2, -0.15) is 0 Å². The van der Waals surface area contributed by atoms with Gasteiger partial charge in [0.1, 0.15) is 0 Å². The maximum absolute atomic E-state index is 17.1. The molecule has 242 valence electrons. The minimum Gasteiger partial charge on any atom is -0.403 e. The predicted molar refractivity (Wildman–Crippen MR) is 185 cm³/mol. The van der Waals surface area contributed by atoms with Crippen LogP contribution in [-0.4, -0.2) is 44.4 Å². The highest BCUT2D eigenvalue weighted by Crippen LogP contribution is 2.41. The second kappa shape index (κ2) is 13.9. The van der Waals surface area contributed by atoms with Gasteiger partial charge in [-0.1, -0.05) is 88.0 Å². The van der Waals surface area contributed by atoms with Gasteiger partial charge in [0.05, 0.1) is 40.5 Å². The van der Waals surface area contributed by atoms with E-state index in [4.69, 9.17) is 14.0 Å². The molecule has 2 heterocycles. The smallest absolute Gasteiger partial charge is 0.261 e. The average Bonchev–Trinajstić information content (AvgIpc) is 3.55. The Morgan fingerprint density at radius 2 is 1.67 bits per heavy atom. The lowest BCUT2D eigenvalue weighted by molar-refractivity contribution is -0.00554. The molecule has 3 aromatic carbocycles. The molecule has 0 aliphatic carbocycles. The van der Waals surface area contributed by atoms with E-state index in [1.807, 2.05) is 55.1 Å². The Kier molecular flexibility index (Phi) is 10.1. The third-order valence-corrected chi connectivity index (χ3v) is 13.9. The number of nitrogens with one attached hydrogen (secondary N) is 1. The van der Waals surface area contributed by atoms with E-state index in [1.54, 1.807) is 18.5 Å². The zero-order valence-corrected chi connectivity index (χ0v) is 29.1.